The number of nitrogens with zero attached hydrogens (tertiary/aromatic N) is 2. The lowest BCUT2D eigenvalue weighted by Crippen LogP contribution is -2.51. The monoisotopic (exact) mass is 167 g/mol. The number of rotatable bonds is 2. The Kier molecular flexibility index (Phi) is 3.51. The van der Waals surface area contributed by atoms with Gasteiger partial charge in [0.05, 0.1) is 6.07 Å². The third-order valence-corrected chi connectivity index (χ3v) is 2.10. The van der Waals surface area contributed by atoms with E-state index in [2.05, 4.69) is 30.1 Å². The van der Waals surface area contributed by atoms with Crippen molar-refractivity contribution in [2.45, 2.75) is 19.9 Å². The summed E-state index contributed by atoms with van der Waals surface area (Å²) < 4.78 is 0. The summed E-state index contributed by atoms with van der Waals surface area (Å²) in [6.45, 7) is 8.28. The van der Waals surface area contributed by atoms with Crippen LogP contribution in [0.15, 0.2) is 0 Å². The van der Waals surface area contributed by atoms with Gasteiger partial charge in [0.25, 0.3) is 0 Å². The van der Waals surface area contributed by atoms with Crippen LogP contribution in [0.3, 0.4) is 0 Å². The minimum absolute atomic E-state index is 0.0844. The smallest absolute Gasteiger partial charge is 0.110 e. The summed E-state index contributed by atoms with van der Waals surface area (Å²) in [7, 11) is 0. The van der Waals surface area contributed by atoms with Crippen LogP contribution in [-0.2, 0) is 0 Å². The molecule has 68 valence electrons. The van der Waals surface area contributed by atoms with E-state index in [0.717, 1.165) is 26.2 Å². The highest BCUT2D eigenvalue weighted by Crippen LogP contribution is 2.05. The summed E-state index contributed by atoms with van der Waals surface area (Å²) >= 11 is 0. The van der Waals surface area contributed by atoms with Gasteiger partial charge in [0.2, 0.25) is 0 Å². The van der Waals surface area contributed by atoms with Crippen molar-refractivity contribution in [3.05, 3.63) is 0 Å². The van der Waals surface area contributed by atoms with Gasteiger partial charge in [-0.25, -0.2) is 0 Å². The second-order valence-electron chi connectivity index (χ2n) is 3.74. The molecule has 0 saturated carbocycles. The molecule has 1 aliphatic rings. The molecule has 0 aromatic rings. The number of nitriles is 1. The zero-order chi connectivity index (χ0) is 8.97. The van der Waals surface area contributed by atoms with Crippen LogP contribution in [0.5, 0.6) is 0 Å². The van der Waals surface area contributed by atoms with E-state index >= 15 is 0 Å². The van der Waals surface area contributed by atoms with Crippen molar-refractivity contribution >= 4 is 0 Å². The Morgan fingerprint density at radius 2 is 2.42 bits per heavy atom. The van der Waals surface area contributed by atoms with E-state index < -0.39 is 0 Å². The fraction of sp³-hybridized carbons (Fsp3) is 0.889. The standard InChI is InChI=1S/C9H17N3/c1-8(2)7-12-4-3-11-6-9(12)5-10/h8-9,11H,3-4,6-7H2,1-2H3. The highest BCUT2D eigenvalue weighted by atomic mass is 15.2. The van der Waals surface area contributed by atoms with Crippen molar-refractivity contribution in [2.75, 3.05) is 26.2 Å². The average Bonchev–Trinajstić information content (AvgIpc) is 2.04. The molecule has 3 nitrogen and oxygen atoms in total. The lowest BCUT2D eigenvalue weighted by Gasteiger charge is -2.32. The van der Waals surface area contributed by atoms with Crippen molar-refractivity contribution in [1.29, 1.82) is 5.26 Å². The lowest BCUT2D eigenvalue weighted by molar-refractivity contribution is 0.177. The molecule has 3 heteroatoms. The van der Waals surface area contributed by atoms with Crippen LogP contribution in [0.1, 0.15) is 13.8 Å². The SMILES string of the molecule is CC(C)CN1CCNCC1C#N. The van der Waals surface area contributed by atoms with E-state index in [4.69, 9.17) is 5.26 Å². The van der Waals surface area contributed by atoms with Crippen molar-refractivity contribution in [2.24, 2.45) is 5.92 Å². The Bertz CT molecular complexity index is 171. The van der Waals surface area contributed by atoms with Crippen LogP contribution in [0.4, 0.5) is 0 Å². The summed E-state index contributed by atoms with van der Waals surface area (Å²) in [6, 6.07) is 2.41. The molecule has 0 spiro atoms. The Morgan fingerprint density at radius 1 is 1.67 bits per heavy atom. The van der Waals surface area contributed by atoms with E-state index in [1.807, 2.05) is 0 Å². The van der Waals surface area contributed by atoms with E-state index in [-0.39, 0.29) is 6.04 Å². The van der Waals surface area contributed by atoms with Gasteiger partial charge in [0, 0.05) is 26.2 Å². The predicted molar refractivity (Wildman–Crippen MR) is 48.7 cm³/mol. The zero-order valence-electron chi connectivity index (χ0n) is 7.88. The molecular weight excluding hydrogens is 150 g/mol. The van der Waals surface area contributed by atoms with E-state index in [0.29, 0.717) is 5.92 Å². The second-order valence-corrected chi connectivity index (χ2v) is 3.74. The quantitative estimate of drug-likeness (QED) is 0.648. The molecular formula is C9H17N3. The first-order valence-corrected chi connectivity index (χ1v) is 4.58. The van der Waals surface area contributed by atoms with E-state index in [9.17, 15) is 0 Å². The van der Waals surface area contributed by atoms with Gasteiger partial charge < -0.3 is 5.32 Å². The molecule has 0 aromatic carbocycles. The van der Waals surface area contributed by atoms with Crippen molar-refractivity contribution in [1.82, 2.24) is 10.2 Å². The fourth-order valence-corrected chi connectivity index (χ4v) is 1.56. The molecule has 1 rings (SSSR count). The minimum Gasteiger partial charge on any atom is -0.313 e. The summed E-state index contributed by atoms with van der Waals surface area (Å²) in [5, 5.41) is 12.1. The lowest BCUT2D eigenvalue weighted by atomic mass is 10.1. The fourth-order valence-electron chi connectivity index (χ4n) is 1.56. The van der Waals surface area contributed by atoms with Gasteiger partial charge in [-0.2, -0.15) is 5.26 Å². The van der Waals surface area contributed by atoms with Crippen LogP contribution in [0, 0.1) is 17.2 Å². The summed E-state index contributed by atoms with van der Waals surface area (Å²) in [4.78, 5) is 2.27. The van der Waals surface area contributed by atoms with E-state index in [1.165, 1.54) is 0 Å². The Hall–Kier alpha value is -0.590. The van der Waals surface area contributed by atoms with Crippen molar-refractivity contribution in [3.8, 4) is 6.07 Å². The molecule has 1 fully saturated rings. The number of hydrogen-bond acceptors (Lipinski definition) is 3. The molecule has 1 unspecified atom stereocenters. The predicted octanol–water partition coefficient (Wildman–Crippen LogP) is 0.440. The first-order chi connectivity index (χ1) is 5.74. The van der Waals surface area contributed by atoms with Crippen molar-refractivity contribution < 1.29 is 0 Å². The molecule has 1 heterocycles. The van der Waals surface area contributed by atoms with Gasteiger partial charge in [-0.1, -0.05) is 13.8 Å². The molecule has 1 atom stereocenters. The van der Waals surface area contributed by atoms with Gasteiger partial charge in [-0.3, -0.25) is 4.90 Å². The van der Waals surface area contributed by atoms with Gasteiger partial charge in [-0.05, 0) is 5.92 Å². The number of piperazine rings is 1. The van der Waals surface area contributed by atoms with Crippen LogP contribution in [-0.4, -0.2) is 37.1 Å². The van der Waals surface area contributed by atoms with Gasteiger partial charge >= 0.3 is 0 Å². The van der Waals surface area contributed by atoms with Crippen molar-refractivity contribution in [3.63, 3.8) is 0 Å². The second kappa shape index (κ2) is 4.44. The normalized spacial score (nSPS) is 25.7. The molecule has 0 aliphatic carbocycles. The van der Waals surface area contributed by atoms with E-state index in [1.54, 1.807) is 0 Å². The van der Waals surface area contributed by atoms with Crippen LogP contribution >= 0.6 is 0 Å². The highest BCUT2D eigenvalue weighted by Gasteiger charge is 2.21. The van der Waals surface area contributed by atoms with Gasteiger partial charge in [-0.15, -0.1) is 0 Å². The van der Waals surface area contributed by atoms with Crippen LogP contribution in [0.2, 0.25) is 0 Å². The van der Waals surface area contributed by atoms with Gasteiger partial charge in [0.1, 0.15) is 6.04 Å². The Morgan fingerprint density at radius 3 is 3.00 bits per heavy atom. The van der Waals surface area contributed by atoms with Gasteiger partial charge in [0.15, 0.2) is 0 Å². The topological polar surface area (TPSA) is 39.1 Å². The average molecular weight is 167 g/mol. The third-order valence-electron chi connectivity index (χ3n) is 2.10. The third kappa shape index (κ3) is 2.47. The molecule has 0 aromatic heterocycles. The maximum Gasteiger partial charge on any atom is 0.110 e. The summed E-state index contributed by atoms with van der Waals surface area (Å²) in [5.74, 6) is 0.652. The Labute approximate surface area is 74.4 Å². The highest BCUT2D eigenvalue weighted by molar-refractivity contribution is 4.96. The van der Waals surface area contributed by atoms with Crippen LogP contribution < -0.4 is 5.32 Å². The molecule has 1 aliphatic heterocycles. The maximum atomic E-state index is 8.84. The molecule has 0 radical (unpaired) electrons. The summed E-state index contributed by atoms with van der Waals surface area (Å²) in [6.07, 6.45) is 0. The zero-order valence-corrected chi connectivity index (χ0v) is 7.88. The summed E-state index contributed by atoms with van der Waals surface area (Å²) in [5.41, 5.74) is 0. The molecule has 0 bridgehead atoms. The maximum absolute atomic E-state index is 8.84. The molecule has 1 saturated heterocycles. The first-order valence-electron chi connectivity index (χ1n) is 4.58. The minimum atomic E-state index is 0.0844. The first kappa shape index (κ1) is 9.50. The van der Waals surface area contributed by atoms with Crippen LogP contribution in [0.25, 0.3) is 0 Å². The number of nitrogens with one attached hydrogen (secondary N) is 1. The molecule has 12 heavy (non-hydrogen) atoms. The number of hydrogen-bond donors (Lipinski definition) is 1. The Balaban J connectivity index is 2.43. The molecule has 0 amide bonds. The molecule has 1 N–H and O–H groups in total. The largest absolute Gasteiger partial charge is 0.313 e.